The van der Waals surface area contributed by atoms with Gasteiger partial charge in [-0.3, -0.25) is 9.08 Å². The maximum atomic E-state index is 10.2. The largest absolute Gasteiger partial charge is 0.386 e. The molecule has 94 valence electrons. The molecule has 0 saturated heterocycles. The maximum Gasteiger partial charge on any atom is 0.193 e. The highest BCUT2D eigenvalue weighted by atomic mass is 32.1. The smallest absolute Gasteiger partial charge is 0.193 e. The lowest BCUT2D eigenvalue weighted by molar-refractivity contribution is 0.166. The third-order valence-corrected chi connectivity index (χ3v) is 3.71. The zero-order chi connectivity index (χ0) is 12.5. The fourth-order valence-electron chi connectivity index (χ4n) is 2.07. The van der Waals surface area contributed by atoms with Gasteiger partial charge in [0.2, 0.25) is 0 Å². The molecule has 0 aliphatic heterocycles. The van der Waals surface area contributed by atoms with Gasteiger partial charge < -0.3 is 5.11 Å². The molecule has 0 amide bonds. The van der Waals surface area contributed by atoms with E-state index in [1.165, 1.54) is 0 Å². The van der Waals surface area contributed by atoms with E-state index in [9.17, 15) is 5.11 Å². The molecule has 0 spiro atoms. The molecule has 1 atom stereocenters. The van der Waals surface area contributed by atoms with Gasteiger partial charge in [0, 0.05) is 36.9 Å². The van der Waals surface area contributed by atoms with Crippen LogP contribution in [0.3, 0.4) is 0 Å². The minimum absolute atomic E-state index is 0.514. The number of aryl methyl sites for hydroxylation is 1. The molecule has 1 unspecified atom stereocenters. The van der Waals surface area contributed by atoms with Crippen LogP contribution in [-0.4, -0.2) is 24.3 Å². The van der Waals surface area contributed by atoms with Gasteiger partial charge in [0.1, 0.15) is 6.10 Å². The molecule has 0 saturated carbocycles. The Kier molecular flexibility index (Phi) is 2.89. The minimum atomic E-state index is -0.558. The standard InChI is InChI=1S/C12H14N4OS/c1-2-16-10(3-4-13-16)11(17)7-9-8-15-5-6-18-12(15)14-9/h3-6,8,11,17H,2,7H2,1H3. The Morgan fingerprint density at radius 2 is 2.39 bits per heavy atom. The van der Waals surface area contributed by atoms with E-state index >= 15 is 0 Å². The molecule has 0 aliphatic rings. The number of aliphatic hydroxyl groups excluding tert-OH is 1. The van der Waals surface area contributed by atoms with Crippen molar-refractivity contribution in [3.05, 3.63) is 41.4 Å². The second-order valence-corrected chi connectivity index (χ2v) is 4.99. The number of rotatable bonds is 4. The van der Waals surface area contributed by atoms with Crippen molar-refractivity contribution >= 4 is 16.3 Å². The average Bonchev–Trinajstić information content (AvgIpc) is 3.02. The van der Waals surface area contributed by atoms with Crippen molar-refractivity contribution in [1.82, 2.24) is 19.2 Å². The SMILES string of the molecule is CCn1nccc1C(O)Cc1cn2ccsc2n1. The predicted octanol–water partition coefficient (Wildman–Crippen LogP) is 1.89. The molecule has 1 N–H and O–H groups in total. The average molecular weight is 262 g/mol. The Bertz CT molecular complexity index is 625. The van der Waals surface area contributed by atoms with Crippen LogP contribution in [0, 0.1) is 0 Å². The molecule has 5 nitrogen and oxygen atoms in total. The maximum absolute atomic E-state index is 10.2. The summed E-state index contributed by atoms with van der Waals surface area (Å²) in [7, 11) is 0. The van der Waals surface area contributed by atoms with Gasteiger partial charge in [-0.25, -0.2) is 4.98 Å². The van der Waals surface area contributed by atoms with Crippen LogP contribution in [0.1, 0.15) is 24.4 Å². The van der Waals surface area contributed by atoms with Crippen molar-refractivity contribution < 1.29 is 5.11 Å². The van der Waals surface area contributed by atoms with Crippen molar-refractivity contribution in [2.45, 2.75) is 26.0 Å². The fraction of sp³-hybridized carbons (Fsp3) is 0.333. The van der Waals surface area contributed by atoms with E-state index in [-0.39, 0.29) is 0 Å². The van der Waals surface area contributed by atoms with Crippen LogP contribution < -0.4 is 0 Å². The molecular weight excluding hydrogens is 248 g/mol. The lowest BCUT2D eigenvalue weighted by atomic mass is 10.1. The topological polar surface area (TPSA) is 55.3 Å². The quantitative estimate of drug-likeness (QED) is 0.781. The Hall–Kier alpha value is -1.66. The molecule has 3 aromatic rings. The zero-order valence-corrected chi connectivity index (χ0v) is 10.8. The first-order valence-corrected chi connectivity index (χ1v) is 6.76. The van der Waals surface area contributed by atoms with Crippen LogP contribution in [0.25, 0.3) is 4.96 Å². The Balaban J connectivity index is 1.82. The van der Waals surface area contributed by atoms with Crippen LogP contribution in [0.5, 0.6) is 0 Å². The molecule has 0 aromatic carbocycles. The van der Waals surface area contributed by atoms with Crippen molar-refractivity contribution in [3.63, 3.8) is 0 Å². The number of hydrogen-bond acceptors (Lipinski definition) is 4. The van der Waals surface area contributed by atoms with Gasteiger partial charge in [-0.2, -0.15) is 5.10 Å². The molecule has 0 radical (unpaired) electrons. The van der Waals surface area contributed by atoms with Crippen LogP contribution in [-0.2, 0) is 13.0 Å². The van der Waals surface area contributed by atoms with Crippen molar-refractivity contribution in [2.75, 3.05) is 0 Å². The highest BCUT2D eigenvalue weighted by Crippen LogP contribution is 2.19. The summed E-state index contributed by atoms with van der Waals surface area (Å²) in [6.45, 7) is 2.77. The summed E-state index contributed by atoms with van der Waals surface area (Å²) in [6, 6.07) is 1.85. The van der Waals surface area contributed by atoms with Crippen LogP contribution in [0.4, 0.5) is 0 Å². The van der Waals surface area contributed by atoms with Crippen molar-refractivity contribution in [2.24, 2.45) is 0 Å². The molecular formula is C12H14N4OS. The third kappa shape index (κ3) is 1.93. The molecule has 3 rings (SSSR count). The van der Waals surface area contributed by atoms with Gasteiger partial charge in [-0.1, -0.05) is 0 Å². The van der Waals surface area contributed by atoms with E-state index in [2.05, 4.69) is 10.1 Å². The summed E-state index contributed by atoms with van der Waals surface area (Å²) >= 11 is 1.59. The van der Waals surface area contributed by atoms with E-state index < -0.39 is 6.10 Å². The van der Waals surface area contributed by atoms with Gasteiger partial charge in [-0.05, 0) is 13.0 Å². The van der Waals surface area contributed by atoms with Gasteiger partial charge in [0.25, 0.3) is 0 Å². The molecule has 0 aliphatic carbocycles. The van der Waals surface area contributed by atoms with Crippen LogP contribution in [0.15, 0.2) is 30.0 Å². The number of hydrogen-bond donors (Lipinski definition) is 1. The first-order chi connectivity index (χ1) is 8.78. The van der Waals surface area contributed by atoms with E-state index in [1.54, 1.807) is 17.5 Å². The Morgan fingerprint density at radius 1 is 1.50 bits per heavy atom. The van der Waals surface area contributed by atoms with Crippen molar-refractivity contribution in [1.29, 1.82) is 0 Å². The second-order valence-electron chi connectivity index (χ2n) is 4.12. The van der Waals surface area contributed by atoms with Crippen LogP contribution >= 0.6 is 11.3 Å². The summed E-state index contributed by atoms with van der Waals surface area (Å²) in [4.78, 5) is 5.43. The third-order valence-electron chi connectivity index (χ3n) is 2.94. The Labute approximate surface area is 108 Å². The normalized spacial score (nSPS) is 13.2. The number of thiazole rings is 1. The summed E-state index contributed by atoms with van der Waals surface area (Å²) in [5.74, 6) is 0. The van der Waals surface area contributed by atoms with E-state index in [4.69, 9.17) is 0 Å². The summed E-state index contributed by atoms with van der Waals surface area (Å²) in [5, 5.41) is 16.4. The number of nitrogens with zero attached hydrogens (tertiary/aromatic N) is 4. The monoisotopic (exact) mass is 262 g/mol. The number of fused-ring (bicyclic) bond motifs is 1. The van der Waals surface area contributed by atoms with E-state index in [0.717, 1.165) is 22.9 Å². The molecule has 3 heterocycles. The Morgan fingerprint density at radius 3 is 3.17 bits per heavy atom. The summed E-state index contributed by atoms with van der Waals surface area (Å²) in [5.41, 5.74) is 1.74. The highest BCUT2D eigenvalue weighted by molar-refractivity contribution is 7.15. The van der Waals surface area contributed by atoms with E-state index in [0.29, 0.717) is 6.42 Å². The predicted molar refractivity (Wildman–Crippen MR) is 69.6 cm³/mol. The van der Waals surface area contributed by atoms with Gasteiger partial charge in [0.05, 0.1) is 11.4 Å². The molecule has 0 bridgehead atoms. The van der Waals surface area contributed by atoms with Gasteiger partial charge in [0.15, 0.2) is 4.96 Å². The minimum Gasteiger partial charge on any atom is -0.386 e. The molecule has 18 heavy (non-hydrogen) atoms. The van der Waals surface area contributed by atoms with Gasteiger partial charge in [-0.15, -0.1) is 11.3 Å². The van der Waals surface area contributed by atoms with Crippen molar-refractivity contribution in [3.8, 4) is 0 Å². The number of imidazole rings is 1. The lowest BCUT2D eigenvalue weighted by Crippen LogP contribution is -2.10. The fourth-order valence-corrected chi connectivity index (χ4v) is 2.79. The molecule has 6 heteroatoms. The van der Waals surface area contributed by atoms with Crippen LogP contribution in [0.2, 0.25) is 0 Å². The first-order valence-electron chi connectivity index (χ1n) is 5.88. The summed E-state index contributed by atoms with van der Waals surface area (Å²) in [6.07, 6.45) is 5.60. The van der Waals surface area contributed by atoms with Gasteiger partial charge >= 0.3 is 0 Å². The number of aliphatic hydroxyl groups is 1. The summed E-state index contributed by atoms with van der Waals surface area (Å²) < 4.78 is 3.78. The first kappa shape index (κ1) is 11.4. The zero-order valence-electron chi connectivity index (χ0n) is 10.0. The lowest BCUT2D eigenvalue weighted by Gasteiger charge is -2.10. The molecule has 3 aromatic heterocycles. The van der Waals surface area contributed by atoms with E-state index in [1.807, 2.05) is 39.8 Å². The number of aromatic nitrogens is 4. The highest BCUT2D eigenvalue weighted by Gasteiger charge is 2.15. The second kappa shape index (κ2) is 4.55. The molecule has 0 fully saturated rings.